The van der Waals surface area contributed by atoms with Crippen molar-refractivity contribution >= 4 is 23.2 Å². The molecule has 0 fully saturated rings. The van der Waals surface area contributed by atoms with Crippen molar-refractivity contribution in [2.45, 2.75) is 6.92 Å². The third kappa shape index (κ3) is 3.92. The highest BCUT2D eigenvalue weighted by Gasteiger charge is 2.14. The highest BCUT2D eigenvalue weighted by Crippen LogP contribution is 2.25. The number of amides is 2. The summed E-state index contributed by atoms with van der Waals surface area (Å²) >= 11 is 0. The molecule has 6 heteroatoms. The minimum absolute atomic E-state index is 0.0585. The van der Waals surface area contributed by atoms with Gasteiger partial charge < -0.3 is 15.1 Å². The van der Waals surface area contributed by atoms with Crippen molar-refractivity contribution in [3.05, 3.63) is 72.2 Å². The zero-order chi connectivity index (χ0) is 17.8. The van der Waals surface area contributed by atoms with Gasteiger partial charge in [0.05, 0.1) is 5.56 Å². The van der Waals surface area contributed by atoms with E-state index in [1.807, 2.05) is 0 Å². The second-order valence-electron chi connectivity index (χ2n) is 5.36. The number of hydrogen-bond donors (Lipinski definition) is 2. The molecule has 0 aliphatic carbocycles. The van der Waals surface area contributed by atoms with Crippen LogP contribution in [0.15, 0.2) is 65.1 Å². The maximum absolute atomic E-state index is 13.8. The lowest BCUT2D eigenvalue weighted by Gasteiger charge is -2.06. The lowest BCUT2D eigenvalue weighted by atomic mass is 10.1. The molecule has 2 N–H and O–H groups in total. The van der Waals surface area contributed by atoms with Gasteiger partial charge in [-0.15, -0.1) is 0 Å². The minimum atomic E-state index is -0.470. The Morgan fingerprint density at radius 1 is 0.920 bits per heavy atom. The molecular formula is C19H15FN2O3. The van der Waals surface area contributed by atoms with Gasteiger partial charge in [0.1, 0.15) is 11.6 Å². The van der Waals surface area contributed by atoms with Gasteiger partial charge >= 0.3 is 0 Å². The van der Waals surface area contributed by atoms with Crippen LogP contribution in [0.3, 0.4) is 0 Å². The van der Waals surface area contributed by atoms with E-state index in [0.29, 0.717) is 11.4 Å². The predicted molar refractivity (Wildman–Crippen MR) is 92.8 cm³/mol. The number of nitrogens with one attached hydrogen (secondary N) is 2. The molecule has 0 bridgehead atoms. The van der Waals surface area contributed by atoms with Crippen LogP contribution < -0.4 is 10.6 Å². The summed E-state index contributed by atoms with van der Waals surface area (Å²) in [5.41, 5.74) is 1.35. The molecule has 1 heterocycles. The number of rotatable bonds is 4. The van der Waals surface area contributed by atoms with Crippen LogP contribution in [0, 0.1) is 5.82 Å². The third-order valence-corrected chi connectivity index (χ3v) is 3.41. The largest absolute Gasteiger partial charge is 0.451 e. The van der Waals surface area contributed by atoms with Crippen molar-refractivity contribution in [3.8, 4) is 11.3 Å². The topological polar surface area (TPSA) is 71.3 Å². The fraction of sp³-hybridized carbons (Fsp3) is 0.0526. The summed E-state index contributed by atoms with van der Waals surface area (Å²) in [6.07, 6.45) is 0. The van der Waals surface area contributed by atoms with E-state index in [9.17, 15) is 14.0 Å². The summed E-state index contributed by atoms with van der Waals surface area (Å²) in [5, 5.41) is 5.31. The molecule has 126 valence electrons. The van der Waals surface area contributed by atoms with Gasteiger partial charge in [0, 0.05) is 18.3 Å². The molecule has 0 spiro atoms. The average Bonchev–Trinajstić information content (AvgIpc) is 3.05. The van der Waals surface area contributed by atoms with Gasteiger partial charge in [-0.3, -0.25) is 9.59 Å². The fourth-order valence-electron chi connectivity index (χ4n) is 2.34. The molecule has 0 saturated carbocycles. The first kappa shape index (κ1) is 16.4. The van der Waals surface area contributed by atoms with Gasteiger partial charge in [-0.25, -0.2) is 4.39 Å². The van der Waals surface area contributed by atoms with Crippen molar-refractivity contribution in [2.24, 2.45) is 0 Å². The van der Waals surface area contributed by atoms with Crippen molar-refractivity contribution in [2.75, 3.05) is 10.6 Å². The number of hydrogen-bond acceptors (Lipinski definition) is 3. The Balaban J connectivity index is 1.76. The maximum Gasteiger partial charge on any atom is 0.291 e. The summed E-state index contributed by atoms with van der Waals surface area (Å²) in [4.78, 5) is 23.4. The fourth-order valence-corrected chi connectivity index (χ4v) is 2.34. The number of carbonyl (C=O) groups is 2. The Morgan fingerprint density at radius 2 is 1.64 bits per heavy atom. The molecule has 1 aromatic heterocycles. The average molecular weight is 338 g/mol. The first-order valence-electron chi connectivity index (χ1n) is 7.56. The van der Waals surface area contributed by atoms with Crippen LogP contribution in [0.25, 0.3) is 11.3 Å². The first-order valence-corrected chi connectivity index (χ1v) is 7.56. The lowest BCUT2D eigenvalue weighted by Crippen LogP contribution is -2.11. The first-order chi connectivity index (χ1) is 12.0. The van der Waals surface area contributed by atoms with E-state index in [-0.39, 0.29) is 23.0 Å². The highest BCUT2D eigenvalue weighted by molar-refractivity contribution is 6.03. The maximum atomic E-state index is 13.8. The van der Waals surface area contributed by atoms with Gasteiger partial charge in [0.25, 0.3) is 5.91 Å². The molecule has 0 unspecified atom stereocenters. The van der Waals surface area contributed by atoms with Crippen LogP contribution in [0.5, 0.6) is 0 Å². The van der Waals surface area contributed by atoms with Crippen molar-refractivity contribution in [1.29, 1.82) is 0 Å². The quantitative estimate of drug-likeness (QED) is 0.745. The predicted octanol–water partition coefficient (Wildman–Crippen LogP) is 4.30. The van der Waals surface area contributed by atoms with Gasteiger partial charge in [0.2, 0.25) is 5.91 Å². The molecule has 3 rings (SSSR count). The molecule has 2 amide bonds. The summed E-state index contributed by atoms with van der Waals surface area (Å²) in [5.74, 6) is -0.767. The Kier molecular flexibility index (Phi) is 4.61. The third-order valence-electron chi connectivity index (χ3n) is 3.41. The Labute approximate surface area is 143 Å². The minimum Gasteiger partial charge on any atom is -0.451 e. The van der Waals surface area contributed by atoms with Gasteiger partial charge in [0.15, 0.2) is 5.76 Å². The Hall–Kier alpha value is -3.41. The molecule has 0 aliphatic heterocycles. The SMILES string of the molecule is CC(=O)Nc1cccc(NC(=O)c2ccc(-c3ccccc3F)o2)c1. The van der Waals surface area contributed by atoms with Crippen LogP contribution in [-0.2, 0) is 4.79 Å². The zero-order valence-electron chi connectivity index (χ0n) is 13.4. The molecule has 2 aromatic carbocycles. The van der Waals surface area contributed by atoms with E-state index in [1.54, 1.807) is 48.5 Å². The van der Waals surface area contributed by atoms with Gasteiger partial charge in [-0.1, -0.05) is 18.2 Å². The molecule has 3 aromatic rings. The number of halogens is 1. The van der Waals surface area contributed by atoms with Gasteiger partial charge in [-0.05, 0) is 42.5 Å². The van der Waals surface area contributed by atoms with Gasteiger partial charge in [-0.2, -0.15) is 0 Å². The van der Waals surface area contributed by atoms with Crippen LogP contribution in [0.2, 0.25) is 0 Å². The normalized spacial score (nSPS) is 10.3. The van der Waals surface area contributed by atoms with E-state index in [2.05, 4.69) is 10.6 Å². The smallest absolute Gasteiger partial charge is 0.291 e. The summed E-state index contributed by atoms with van der Waals surface area (Å²) in [7, 11) is 0. The number of furan rings is 1. The lowest BCUT2D eigenvalue weighted by molar-refractivity contribution is -0.114. The monoisotopic (exact) mass is 338 g/mol. The molecule has 0 saturated heterocycles. The van der Waals surface area contributed by atoms with E-state index in [1.165, 1.54) is 19.1 Å². The number of benzene rings is 2. The Morgan fingerprint density at radius 3 is 2.36 bits per heavy atom. The van der Waals surface area contributed by atoms with E-state index < -0.39 is 11.7 Å². The molecule has 5 nitrogen and oxygen atoms in total. The van der Waals surface area contributed by atoms with Crippen molar-refractivity contribution in [3.63, 3.8) is 0 Å². The Bertz CT molecular complexity index is 934. The van der Waals surface area contributed by atoms with Crippen molar-refractivity contribution in [1.82, 2.24) is 0 Å². The second-order valence-corrected chi connectivity index (χ2v) is 5.36. The van der Waals surface area contributed by atoms with Crippen LogP contribution >= 0.6 is 0 Å². The zero-order valence-corrected chi connectivity index (χ0v) is 13.4. The second kappa shape index (κ2) is 7.00. The number of anilines is 2. The molecule has 0 aliphatic rings. The summed E-state index contributed by atoms with van der Waals surface area (Å²) in [6, 6.07) is 15.9. The highest BCUT2D eigenvalue weighted by atomic mass is 19.1. The van der Waals surface area contributed by atoms with Crippen LogP contribution in [0.1, 0.15) is 17.5 Å². The standard InChI is InChI=1S/C19H15FN2O3/c1-12(23)21-13-5-4-6-14(11-13)22-19(24)18-10-9-17(25-18)15-7-2-3-8-16(15)20/h2-11H,1H3,(H,21,23)(H,22,24). The molecule has 25 heavy (non-hydrogen) atoms. The van der Waals surface area contributed by atoms with E-state index >= 15 is 0 Å². The summed E-state index contributed by atoms with van der Waals surface area (Å²) in [6.45, 7) is 1.40. The molecule has 0 atom stereocenters. The summed E-state index contributed by atoms with van der Waals surface area (Å²) < 4.78 is 19.2. The molecular weight excluding hydrogens is 323 g/mol. The number of carbonyl (C=O) groups excluding carboxylic acids is 2. The molecule has 0 radical (unpaired) electrons. The van der Waals surface area contributed by atoms with E-state index in [4.69, 9.17) is 4.42 Å². The van der Waals surface area contributed by atoms with E-state index in [0.717, 1.165) is 0 Å². The van der Waals surface area contributed by atoms with Crippen LogP contribution in [-0.4, -0.2) is 11.8 Å². The van der Waals surface area contributed by atoms with Crippen molar-refractivity contribution < 1.29 is 18.4 Å². The van der Waals surface area contributed by atoms with Crippen LogP contribution in [0.4, 0.5) is 15.8 Å².